The zero-order valence-electron chi connectivity index (χ0n) is 14.9. The van der Waals surface area contributed by atoms with E-state index in [0.29, 0.717) is 12.2 Å². The van der Waals surface area contributed by atoms with Crippen molar-refractivity contribution in [2.75, 3.05) is 17.4 Å². The monoisotopic (exact) mass is 361 g/mol. The molecule has 1 aliphatic heterocycles. The minimum Gasteiger partial charge on any atom is -0.454 e. The lowest BCUT2D eigenvalue weighted by Gasteiger charge is -2.09. The van der Waals surface area contributed by atoms with Crippen molar-refractivity contribution in [2.45, 2.75) is 13.5 Å². The van der Waals surface area contributed by atoms with Crippen LogP contribution in [-0.4, -0.2) is 17.7 Å². The Balaban J connectivity index is 1.41. The molecule has 0 atom stereocenters. The number of ether oxygens (including phenoxy) is 2. The van der Waals surface area contributed by atoms with Crippen LogP contribution in [0.1, 0.15) is 21.6 Å². The van der Waals surface area contributed by atoms with Gasteiger partial charge in [-0.05, 0) is 48.9 Å². The molecule has 0 fully saturated rings. The summed E-state index contributed by atoms with van der Waals surface area (Å²) in [4.78, 5) is 16.6. The molecular formula is C21H19N3O3. The fourth-order valence-electron chi connectivity index (χ4n) is 2.75. The molecule has 0 spiro atoms. The predicted molar refractivity (Wildman–Crippen MR) is 103 cm³/mol. The van der Waals surface area contributed by atoms with Crippen LogP contribution in [0.4, 0.5) is 11.4 Å². The average molecular weight is 361 g/mol. The van der Waals surface area contributed by atoms with Gasteiger partial charge in [-0.2, -0.15) is 0 Å². The number of pyridine rings is 1. The molecule has 2 N–H and O–H groups in total. The lowest BCUT2D eigenvalue weighted by Crippen LogP contribution is -2.14. The highest BCUT2D eigenvalue weighted by Crippen LogP contribution is 2.32. The van der Waals surface area contributed by atoms with E-state index >= 15 is 0 Å². The van der Waals surface area contributed by atoms with Gasteiger partial charge in [-0.3, -0.25) is 9.78 Å². The minimum absolute atomic E-state index is 0.245. The molecule has 6 heteroatoms. The summed E-state index contributed by atoms with van der Waals surface area (Å²) in [6.07, 6.45) is 1.62. The first kappa shape index (κ1) is 16.9. The second-order valence-corrected chi connectivity index (χ2v) is 6.29. The van der Waals surface area contributed by atoms with Crippen LogP contribution in [0.5, 0.6) is 11.5 Å². The molecule has 1 amide bonds. The summed E-state index contributed by atoms with van der Waals surface area (Å²) in [7, 11) is 0. The number of carbonyl (C=O) groups excluding carboxylic acids is 1. The van der Waals surface area contributed by atoms with E-state index in [9.17, 15) is 4.79 Å². The number of nitrogens with zero attached hydrogens (tertiary/aromatic N) is 1. The van der Waals surface area contributed by atoms with Crippen LogP contribution in [0, 0.1) is 6.92 Å². The molecule has 0 aliphatic carbocycles. The van der Waals surface area contributed by atoms with Crippen LogP contribution in [0.15, 0.2) is 60.8 Å². The van der Waals surface area contributed by atoms with Crippen molar-refractivity contribution in [3.05, 3.63) is 77.6 Å². The van der Waals surface area contributed by atoms with Gasteiger partial charge in [0.1, 0.15) is 5.69 Å². The molecule has 3 aromatic rings. The largest absolute Gasteiger partial charge is 0.454 e. The Morgan fingerprint density at radius 1 is 1.00 bits per heavy atom. The Labute approximate surface area is 157 Å². The van der Waals surface area contributed by atoms with E-state index in [2.05, 4.69) is 15.6 Å². The third-order valence-corrected chi connectivity index (χ3v) is 4.24. The Morgan fingerprint density at radius 2 is 1.81 bits per heavy atom. The van der Waals surface area contributed by atoms with Crippen molar-refractivity contribution in [1.82, 2.24) is 4.98 Å². The van der Waals surface area contributed by atoms with Crippen LogP contribution < -0.4 is 20.1 Å². The normalized spacial score (nSPS) is 11.9. The Bertz CT molecular complexity index is 971. The summed E-state index contributed by atoms with van der Waals surface area (Å²) in [5, 5.41) is 6.16. The maximum atomic E-state index is 12.4. The van der Waals surface area contributed by atoms with Crippen molar-refractivity contribution < 1.29 is 14.3 Å². The number of anilines is 2. The Hall–Kier alpha value is -3.54. The molecule has 0 unspecified atom stereocenters. The Kier molecular flexibility index (Phi) is 4.61. The van der Waals surface area contributed by atoms with Gasteiger partial charge in [0, 0.05) is 24.1 Å². The lowest BCUT2D eigenvalue weighted by atomic mass is 10.2. The maximum Gasteiger partial charge on any atom is 0.274 e. The van der Waals surface area contributed by atoms with Gasteiger partial charge in [0.25, 0.3) is 5.91 Å². The number of aryl methyl sites for hydroxylation is 1. The van der Waals surface area contributed by atoms with Gasteiger partial charge < -0.3 is 20.1 Å². The van der Waals surface area contributed by atoms with Crippen molar-refractivity contribution in [1.29, 1.82) is 0 Å². The number of amides is 1. The summed E-state index contributed by atoms with van der Waals surface area (Å²) < 4.78 is 10.7. The van der Waals surface area contributed by atoms with Gasteiger partial charge in [0.15, 0.2) is 11.5 Å². The average Bonchev–Trinajstić information content (AvgIpc) is 3.16. The lowest BCUT2D eigenvalue weighted by molar-refractivity contribution is 0.102. The number of benzene rings is 2. The highest BCUT2D eigenvalue weighted by molar-refractivity contribution is 6.03. The smallest absolute Gasteiger partial charge is 0.274 e. The van der Waals surface area contributed by atoms with Crippen molar-refractivity contribution in [3.8, 4) is 11.5 Å². The molecule has 2 heterocycles. The molecule has 1 aliphatic rings. The number of nitrogens with one attached hydrogen (secondary N) is 2. The molecule has 1 aromatic heterocycles. The van der Waals surface area contributed by atoms with Gasteiger partial charge in [0.05, 0.1) is 0 Å². The molecule has 0 saturated heterocycles. The highest BCUT2D eigenvalue weighted by atomic mass is 16.7. The van der Waals surface area contributed by atoms with E-state index in [1.165, 1.54) is 0 Å². The molecule has 0 radical (unpaired) electrons. The van der Waals surface area contributed by atoms with E-state index in [4.69, 9.17) is 9.47 Å². The molecule has 0 saturated carbocycles. The summed E-state index contributed by atoms with van der Waals surface area (Å²) in [6, 6.07) is 17.0. The van der Waals surface area contributed by atoms with Crippen LogP contribution in [0.25, 0.3) is 0 Å². The minimum atomic E-state index is -0.245. The highest BCUT2D eigenvalue weighted by Gasteiger charge is 2.13. The molecule has 27 heavy (non-hydrogen) atoms. The van der Waals surface area contributed by atoms with E-state index in [-0.39, 0.29) is 12.7 Å². The van der Waals surface area contributed by atoms with Crippen LogP contribution in [0.3, 0.4) is 0 Å². The topological polar surface area (TPSA) is 72.5 Å². The van der Waals surface area contributed by atoms with Crippen molar-refractivity contribution in [3.63, 3.8) is 0 Å². The number of carbonyl (C=O) groups is 1. The first-order valence-corrected chi connectivity index (χ1v) is 8.64. The first-order chi connectivity index (χ1) is 13.2. The van der Waals surface area contributed by atoms with Crippen LogP contribution in [0.2, 0.25) is 0 Å². The molecule has 0 bridgehead atoms. The molecule has 2 aromatic carbocycles. The number of aromatic nitrogens is 1. The van der Waals surface area contributed by atoms with Gasteiger partial charge in [-0.25, -0.2) is 0 Å². The van der Waals surface area contributed by atoms with Gasteiger partial charge in [-0.1, -0.05) is 23.8 Å². The van der Waals surface area contributed by atoms with E-state index in [1.54, 1.807) is 12.3 Å². The van der Waals surface area contributed by atoms with Gasteiger partial charge in [0.2, 0.25) is 6.79 Å². The standard InChI is InChI=1S/C21H19N3O3/c1-14-2-5-16(6-3-14)24-21(25)18-11-17(8-9-22-18)23-12-15-4-7-19-20(10-15)27-13-26-19/h2-11H,12-13H2,1H3,(H,22,23)(H,24,25). The third kappa shape index (κ3) is 4.00. The van der Waals surface area contributed by atoms with Crippen LogP contribution >= 0.6 is 0 Å². The molecular weight excluding hydrogens is 342 g/mol. The maximum absolute atomic E-state index is 12.4. The summed E-state index contributed by atoms with van der Waals surface area (Å²) in [5.74, 6) is 1.27. The predicted octanol–water partition coefficient (Wildman–Crippen LogP) is 3.98. The van der Waals surface area contributed by atoms with Gasteiger partial charge in [-0.15, -0.1) is 0 Å². The molecule has 6 nitrogen and oxygen atoms in total. The van der Waals surface area contributed by atoms with Gasteiger partial charge >= 0.3 is 0 Å². The second-order valence-electron chi connectivity index (χ2n) is 6.29. The number of hydrogen-bond donors (Lipinski definition) is 2. The summed E-state index contributed by atoms with van der Waals surface area (Å²) in [5.41, 5.74) is 4.11. The summed E-state index contributed by atoms with van der Waals surface area (Å²) >= 11 is 0. The fourth-order valence-corrected chi connectivity index (χ4v) is 2.75. The van der Waals surface area contributed by atoms with Crippen LogP contribution in [-0.2, 0) is 6.54 Å². The zero-order chi connectivity index (χ0) is 18.6. The van der Waals surface area contributed by atoms with Crippen molar-refractivity contribution >= 4 is 17.3 Å². The van der Waals surface area contributed by atoms with E-state index in [1.807, 2.05) is 55.5 Å². The number of rotatable bonds is 5. The Morgan fingerprint density at radius 3 is 2.67 bits per heavy atom. The number of fused-ring (bicyclic) bond motifs is 1. The first-order valence-electron chi connectivity index (χ1n) is 8.64. The molecule has 136 valence electrons. The quantitative estimate of drug-likeness (QED) is 0.719. The molecule has 4 rings (SSSR count). The fraction of sp³-hybridized carbons (Fsp3) is 0.143. The van der Waals surface area contributed by atoms with E-state index < -0.39 is 0 Å². The summed E-state index contributed by atoms with van der Waals surface area (Å²) in [6.45, 7) is 2.86. The van der Waals surface area contributed by atoms with E-state index in [0.717, 1.165) is 34.0 Å². The number of hydrogen-bond acceptors (Lipinski definition) is 5. The zero-order valence-corrected chi connectivity index (χ0v) is 14.9. The van der Waals surface area contributed by atoms with Crippen molar-refractivity contribution in [2.24, 2.45) is 0 Å². The third-order valence-electron chi connectivity index (χ3n) is 4.24. The second kappa shape index (κ2) is 7.37. The SMILES string of the molecule is Cc1ccc(NC(=O)c2cc(NCc3ccc4c(c3)OCO4)ccn2)cc1.